The number of carbonyl (C=O) groups excluding carboxylic acids is 1. The second-order valence-corrected chi connectivity index (χ2v) is 10.3. The van der Waals surface area contributed by atoms with Crippen LogP contribution in [-0.2, 0) is 7.05 Å². The highest BCUT2D eigenvalue weighted by Gasteiger charge is 2.55. The zero-order chi connectivity index (χ0) is 20.2. The molecule has 7 heteroatoms. The van der Waals surface area contributed by atoms with Gasteiger partial charge in [0.15, 0.2) is 5.69 Å². The van der Waals surface area contributed by atoms with Crippen LogP contribution in [-0.4, -0.2) is 59.1 Å². The van der Waals surface area contributed by atoms with E-state index in [-0.39, 0.29) is 11.9 Å². The lowest BCUT2D eigenvalue weighted by Crippen LogP contribution is -2.61. The van der Waals surface area contributed by atoms with Gasteiger partial charge in [-0.15, -0.1) is 0 Å². The summed E-state index contributed by atoms with van der Waals surface area (Å²) >= 11 is 0. The first-order valence-corrected chi connectivity index (χ1v) is 11.4. The molecule has 4 aliphatic carbocycles. The number of aryl methyl sites for hydroxylation is 1. The van der Waals surface area contributed by atoms with Crippen LogP contribution in [0.1, 0.15) is 55.4 Å². The van der Waals surface area contributed by atoms with Crippen molar-refractivity contribution >= 4 is 11.7 Å². The van der Waals surface area contributed by atoms with E-state index in [9.17, 15) is 9.90 Å². The summed E-state index contributed by atoms with van der Waals surface area (Å²) in [5.74, 6) is 3.10. The largest absolute Gasteiger partial charge is 0.390 e. The van der Waals surface area contributed by atoms with Crippen LogP contribution in [0.4, 0.5) is 5.82 Å². The van der Waals surface area contributed by atoms with Crippen molar-refractivity contribution in [2.45, 2.75) is 56.6 Å². The normalized spacial score (nSPS) is 36.4. The number of hydrogen-bond acceptors (Lipinski definition) is 5. The third-order valence-corrected chi connectivity index (χ3v) is 8.01. The van der Waals surface area contributed by atoms with Crippen LogP contribution in [0.2, 0.25) is 0 Å². The Labute approximate surface area is 173 Å². The Morgan fingerprint density at radius 3 is 2.66 bits per heavy atom. The number of nitrogens with zero attached hydrogens (tertiary/aromatic N) is 3. The van der Waals surface area contributed by atoms with Crippen LogP contribution in [0.3, 0.4) is 0 Å². The van der Waals surface area contributed by atoms with Crippen LogP contribution < -0.4 is 15.5 Å². The van der Waals surface area contributed by atoms with E-state index in [2.05, 4.69) is 27.7 Å². The Morgan fingerprint density at radius 2 is 2.00 bits per heavy atom. The fourth-order valence-electron chi connectivity index (χ4n) is 6.91. The second-order valence-electron chi connectivity index (χ2n) is 10.3. The lowest BCUT2D eigenvalue weighted by atomic mass is 9.52. The molecule has 4 bridgehead atoms. The zero-order valence-electron chi connectivity index (χ0n) is 17.7. The standard InChI is InChI=1S/C22H35N5O2/c1-26(13-14-3-5-23-6-4-14)19-9-18(25-27(19)2)21(28)24-20-16-7-15-8-17(20)12-22(29,10-15)11-16/h9,14-17,20,23,29H,3-8,10-13H2,1-2H3,(H,24,28). The summed E-state index contributed by atoms with van der Waals surface area (Å²) in [6.07, 6.45) is 7.36. The summed E-state index contributed by atoms with van der Waals surface area (Å²) in [6.45, 7) is 3.18. The van der Waals surface area contributed by atoms with Gasteiger partial charge < -0.3 is 20.6 Å². The molecular weight excluding hydrogens is 366 g/mol. The van der Waals surface area contributed by atoms with Gasteiger partial charge in [-0.25, -0.2) is 0 Å². The van der Waals surface area contributed by atoms with E-state index in [1.807, 2.05) is 17.8 Å². The lowest BCUT2D eigenvalue weighted by molar-refractivity contribution is -0.136. The number of nitrogens with one attached hydrogen (secondary N) is 2. The minimum absolute atomic E-state index is 0.0634. The number of anilines is 1. The van der Waals surface area contributed by atoms with Crippen molar-refractivity contribution in [3.05, 3.63) is 11.8 Å². The summed E-state index contributed by atoms with van der Waals surface area (Å²) in [5.41, 5.74) is 0.0416. The molecule has 1 amide bonds. The second kappa shape index (κ2) is 7.27. The van der Waals surface area contributed by atoms with E-state index in [1.165, 1.54) is 12.8 Å². The van der Waals surface area contributed by atoms with E-state index in [4.69, 9.17) is 0 Å². The lowest BCUT2D eigenvalue weighted by Gasteiger charge is -2.58. The summed E-state index contributed by atoms with van der Waals surface area (Å²) in [5, 5.41) is 22.0. The zero-order valence-corrected chi connectivity index (χ0v) is 17.7. The van der Waals surface area contributed by atoms with Gasteiger partial charge >= 0.3 is 0 Å². The maximum Gasteiger partial charge on any atom is 0.272 e. The predicted octanol–water partition coefficient (Wildman–Crippen LogP) is 1.53. The summed E-state index contributed by atoms with van der Waals surface area (Å²) in [7, 11) is 4.02. The predicted molar refractivity (Wildman–Crippen MR) is 112 cm³/mol. The smallest absolute Gasteiger partial charge is 0.272 e. The average Bonchev–Trinajstić information content (AvgIpc) is 3.06. The molecule has 7 nitrogen and oxygen atoms in total. The van der Waals surface area contributed by atoms with Crippen molar-refractivity contribution in [1.29, 1.82) is 0 Å². The first-order valence-electron chi connectivity index (χ1n) is 11.4. The number of hydrogen-bond donors (Lipinski definition) is 3. The first kappa shape index (κ1) is 19.4. The number of aromatic nitrogens is 2. The Bertz CT molecular complexity index is 755. The highest BCUT2D eigenvalue weighted by Crippen LogP contribution is 2.55. The van der Waals surface area contributed by atoms with Crippen LogP contribution in [0.25, 0.3) is 0 Å². The first-order chi connectivity index (χ1) is 13.9. The SMILES string of the molecule is CN(CC1CCNCC1)c1cc(C(=O)NC2C3CC4CC2CC(O)(C4)C3)nn1C. The summed E-state index contributed by atoms with van der Waals surface area (Å²) in [6, 6.07) is 2.12. The topological polar surface area (TPSA) is 82.4 Å². The number of carbonyl (C=O) groups is 1. The van der Waals surface area contributed by atoms with E-state index >= 15 is 0 Å². The highest BCUT2D eigenvalue weighted by atomic mass is 16.3. The quantitative estimate of drug-likeness (QED) is 0.697. The van der Waals surface area contributed by atoms with Crippen molar-refractivity contribution < 1.29 is 9.90 Å². The molecule has 1 aromatic heterocycles. The minimum Gasteiger partial charge on any atom is -0.390 e. The fraction of sp³-hybridized carbons (Fsp3) is 0.818. The Kier molecular flexibility index (Phi) is 4.86. The molecule has 2 atom stereocenters. The Hall–Kier alpha value is -1.60. The Balaban J connectivity index is 1.24. The highest BCUT2D eigenvalue weighted by molar-refractivity contribution is 5.93. The van der Waals surface area contributed by atoms with Gasteiger partial charge in [-0.05, 0) is 81.7 Å². The molecule has 6 rings (SSSR count). The number of amides is 1. The molecule has 0 radical (unpaired) electrons. The van der Waals surface area contributed by atoms with Crippen molar-refractivity contribution in [3.8, 4) is 0 Å². The van der Waals surface area contributed by atoms with Gasteiger partial charge in [0.05, 0.1) is 5.60 Å². The molecule has 29 heavy (non-hydrogen) atoms. The van der Waals surface area contributed by atoms with Crippen LogP contribution in [0.5, 0.6) is 0 Å². The molecule has 0 aromatic carbocycles. The van der Waals surface area contributed by atoms with Gasteiger partial charge in [0.25, 0.3) is 5.91 Å². The van der Waals surface area contributed by atoms with Crippen molar-refractivity contribution in [1.82, 2.24) is 20.4 Å². The van der Waals surface area contributed by atoms with E-state index in [1.54, 1.807) is 0 Å². The molecule has 0 spiro atoms. The van der Waals surface area contributed by atoms with Gasteiger partial charge in [0.1, 0.15) is 5.82 Å². The summed E-state index contributed by atoms with van der Waals surface area (Å²) in [4.78, 5) is 15.3. The van der Waals surface area contributed by atoms with Crippen molar-refractivity contribution in [3.63, 3.8) is 0 Å². The number of piperidine rings is 1. The van der Waals surface area contributed by atoms with Gasteiger partial charge in [-0.1, -0.05) is 0 Å². The average molecular weight is 402 g/mol. The molecule has 2 unspecified atom stereocenters. The minimum atomic E-state index is -0.465. The molecule has 1 aliphatic heterocycles. The van der Waals surface area contributed by atoms with Crippen LogP contribution >= 0.6 is 0 Å². The Morgan fingerprint density at radius 1 is 1.31 bits per heavy atom. The molecule has 2 heterocycles. The summed E-state index contributed by atoms with van der Waals surface area (Å²) < 4.78 is 1.83. The van der Waals surface area contributed by atoms with Crippen LogP contribution in [0, 0.1) is 23.7 Å². The van der Waals surface area contributed by atoms with Crippen LogP contribution in [0.15, 0.2) is 6.07 Å². The molecule has 4 saturated carbocycles. The van der Waals surface area contributed by atoms with Gasteiger partial charge in [0.2, 0.25) is 0 Å². The number of aliphatic hydroxyl groups is 1. The van der Waals surface area contributed by atoms with E-state index in [0.717, 1.165) is 57.6 Å². The molecule has 1 saturated heterocycles. The fourth-order valence-corrected chi connectivity index (χ4v) is 6.91. The maximum atomic E-state index is 13.0. The molecule has 5 fully saturated rings. The monoisotopic (exact) mass is 401 g/mol. The van der Waals surface area contributed by atoms with Crippen molar-refractivity contribution in [2.75, 3.05) is 31.6 Å². The van der Waals surface area contributed by atoms with Gasteiger partial charge in [0, 0.05) is 32.7 Å². The van der Waals surface area contributed by atoms with E-state index < -0.39 is 5.60 Å². The van der Waals surface area contributed by atoms with Gasteiger partial charge in [-0.3, -0.25) is 9.48 Å². The molecule has 160 valence electrons. The molecule has 3 N–H and O–H groups in total. The molecule has 5 aliphatic rings. The van der Waals surface area contributed by atoms with Gasteiger partial charge in [-0.2, -0.15) is 5.10 Å². The molecular formula is C22H35N5O2. The maximum absolute atomic E-state index is 13.0. The number of rotatable bonds is 5. The van der Waals surface area contributed by atoms with Crippen molar-refractivity contribution in [2.24, 2.45) is 30.7 Å². The molecule has 1 aromatic rings. The van der Waals surface area contributed by atoms with E-state index in [0.29, 0.717) is 29.4 Å². The third-order valence-electron chi connectivity index (χ3n) is 8.01. The third kappa shape index (κ3) is 3.67.